The van der Waals surface area contributed by atoms with Crippen LogP contribution in [-0.2, 0) is 6.42 Å². The van der Waals surface area contributed by atoms with Crippen molar-refractivity contribution in [3.8, 4) is 28.6 Å². The van der Waals surface area contributed by atoms with Gasteiger partial charge in [-0.3, -0.25) is 4.79 Å². The first-order valence-electron chi connectivity index (χ1n) is 6.82. The van der Waals surface area contributed by atoms with Crippen LogP contribution in [0, 0.1) is 0 Å². The molecule has 3 rings (SSSR count). The van der Waals surface area contributed by atoms with Crippen molar-refractivity contribution in [2.45, 2.75) is 13.3 Å². The maximum Gasteiger partial charge on any atom is 0.197 e. The molecule has 0 atom stereocenters. The van der Waals surface area contributed by atoms with Gasteiger partial charge >= 0.3 is 0 Å². The van der Waals surface area contributed by atoms with E-state index in [2.05, 4.69) is 0 Å². The van der Waals surface area contributed by atoms with Crippen LogP contribution >= 0.6 is 0 Å². The van der Waals surface area contributed by atoms with E-state index in [1.165, 1.54) is 18.2 Å². The quantitative estimate of drug-likeness (QED) is 0.676. The Morgan fingerprint density at radius 1 is 1.00 bits per heavy atom. The number of benzene rings is 2. The third-order valence-electron chi connectivity index (χ3n) is 3.57. The molecule has 0 radical (unpaired) electrons. The summed E-state index contributed by atoms with van der Waals surface area (Å²) in [7, 11) is 0. The van der Waals surface area contributed by atoms with E-state index in [0.29, 0.717) is 23.3 Å². The molecule has 0 spiro atoms. The SMILES string of the molecule is CCc1c(O)cc(O)c2c(=O)cc(-c3ccc(O)cc3)oc12. The standard InChI is InChI=1S/C17H14O5/c1-2-11-12(19)7-13(20)16-14(21)8-15(22-17(11)16)9-3-5-10(18)6-4-9/h3-8,18-20H,2H2,1H3. The summed E-state index contributed by atoms with van der Waals surface area (Å²) in [4.78, 5) is 12.3. The smallest absolute Gasteiger partial charge is 0.197 e. The zero-order valence-electron chi connectivity index (χ0n) is 11.8. The molecule has 5 nitrogen and oxygen atoms in total. The van der Waals surface area contributed by atoms with Crippen molar-refractivity contribution in [3.05, 3.63) is 52.2 Å². The van der Waals surface area contributed by atoms with Crippen molar-refractivity contribution < 1.29 is 19.7 Å². The van der Waals surface area contributed by atoms with Gasteiger partial charge in [0.2, 0.25) is 0 Å². The fourth-order valence-corrected chi connectivity index (χ4v) is 2.46. The van der Waals surface area contributed by atoms with Gasteiger partial charge < -0.3 is 19.7 Å². The molecule has 5 heteroatoms. The Morgan fingerprint density at radius 3 is 2.32 bits per heavy atom. The Kier molecular flexibility index (Phi) is 3.25. The Balaban J connectivity index is 2.36. The number of hydrogen-bond donors (Lipinski definition) is 3. The van der Waals surface area contributed by atoms with Crippen LogP contribution in [-0.4, -0.2) is 15.3 Å². The van der Waals surface area contributed by atoms with Gasteiger partial charge in [0, 0.05) is 23.3 Å². The number of rotatable bonds is 2. The Hall–Kier alpha value is -2.95. The molecule has 0 saturated carbocycles. The van der Waals surface area contributed by atoms with Crippen LogP contribution in [0.3, 0.4) is 0 Å². The van der Waals surface area contributed by atoms with Crippen molar-refractivity contribution in [2.24, 2.45) is 0 Å². The van der Waals surface area contributed by atoms with Crippen LogP contribution in [0.2, 0.25) is 0 Å². The summed E-state index contributed by atoms with van der Waals surface area (Å²) in [5.74, 6) is -0.0113. The van der Waals surface area contributed by atoms with Gasteiger partial charge in [0.25, 0.3) is 0 Å². The predicted octanol–water partition coefficient (Wildman–Crippen LogP) is 3.14. The van der Waals surface area contributed by atoms with Gasteiger partial charge in [0.1, 0.15) is 34.0 Å². The Morgan fingerprint density at radius 2 is 1.68 bits per heavy atom. The van der Waals surface area contributed by atoms with Crippen molar-refractivity contribution in [2.75, 3.05) is 0 Å². The van der Waals surface area contributed by atoms with E-state index >= 15 is 0 Å². The van der Waals surface area contributed by atoms with Gasteiger partial charge in [-0.2, -0.15) is 0 Å². The molecule has 0 unspecified atom stereocenters. The molecule has 1 heterocycles. The number of hydrogen-bond acceptors (Lipinski definition) is 5. The summed E-state index contributed by atoms with van der Waals surface area (Å²) in [5.41, 5.74) is 0.860. The van der Waals surface area contributed by atoms with Crippen LogP contribution in [0.1, 0.15) is 12.5 Å². The molecule has 0 amide bonds. The number of aryl methyl sites for hydroxylation is 1. The van der Waals surface area contributed by atoms with Crippen LogP contribution in [0.15, 0.2) is 45.6 Å². The lowest BCUT2D eigenvalue weighted by Crippen LogP contribution is -2.02. The molecular formula is C17H14O5. The van der Waals surface area contributed by atoms with Crippen LogP contribution in [0.4, 0.5) is 0 Å². The Labute approximate surface area is 125 Å². The molecule has 0 aliphatic heterocycles. The van der Waals surface area contributed by atoms with Crippen molar-refractivity contribution in [3.63, 3.8) is 0 Å². The van der Waals surface area contributed by atoms with E-state index in [1.807, 2.05) is 6.92 Å². The minimum atomic E-state index is -0.392. The first-order chi connectivity index (χ1) is 10.5. The summed E-state index contributed by atoms with van der Waals surface area (Å²) in [6.07, 6.45) is 0.449. The maximum absolute atomic E-state index is 12.3. The molecule has 0 bridgehead atoms. The summed E-state index contributed by atoms with van der Waals surface area (Å²) in [5, 5.41) is 29.2. The van der Waals surface area contributed by atoms with Gasteiger partial charge in [-0.25, -0.2) is 0 Å². The molecule has 0 saturated heterocycles. The molecule has 112 valence electrons. The van der Waals surface area contributed by atoms with Crippen LogP contribution < -0.4 is 5.43 Å². The topological polar surface area (TPSA) is 90.9 Å². The minimum absolute atomic E-state index is 0.0529. The number of phenols is 3. The van der Waals surface area contributed by atoms with E-state index in [9.17, 15) is 20.1 Å². The van der Waals surface area contributed by atoms with E-state index in [0.717, 1.165) is 6.07 Å². The molecule has 22 heavy (non-hydrogen) atoms. The maximum atomic E-state index is 12.3. The van der Waals surface area contributed by atoms with Gasteiger partial charge in [0.05, 0.1) is 0 Å². The molecular weight excluding hydrogens is 284 g/mol. The van der Waals surface area contributed by atoms with Gasteiger partial charge in [-0.15, -0.1) is 0 Å². The second kappa shape index (κ2) is 5.11. The van der Waals surface area contributed by atoms with Crippen molar-refractivity contribution in [1.82, 2.24) is 0 Å². The highest BCUT2D eigenvalue weighted by Crippen LogP contribution is 2.35. The first kappa shape index (κ1) is 14.0. The summed E-state index contributed by atoms with van der Waals surface area (Å²) >= 11 is 0. The lowest BCUT2D eigenvalue weighted by Gasteiger charge is -2.09. The number of fused-ring (bicyclic) bond motifs is 1. The molecule has 0 aliphatic carbocycles. The van der Waals surface area contributed by atoms with E-state index in [1.54, 1.807) is 12.1 Å². The average molecular weight is 298 g/mol. The highest BCUT2D eigenvalue weighted by Gasteiger charge is 2.17. The van der Waals surface area contributed by atoms with E-state index in [-0.39, 0.29) is 28.2 Å². The normalized spacial score (nSPS) is 11.0. The highest BCUT2D eigenvalue weighted by atomic mass is 16.3. The zero-order valence-corrected chi connectivity index (χ0v) is 11.8. The lowest BCUT2D eigenvalue weighted by molar-refractivity contribution is 0.447. The largest absolute Gasteiger partial charge is 0.508 e. The number of phenolic OH excluding ortho intramolecular Hbond substituents is 3. The molecule has 0 fully saturated rings. The minimum Gasteiger partial charge on any atom is -0.508 e. The summed E-state index contributed by atoms with van der Waals surface area (Å²) in [6, 6.07) is 8.64. The molecule has 0 aliphatic rings. The molecule has 2 aromatic carbocycles. The van der Waals surface area contributed by atoms with Gasteiger partial charge in [-0.05, 0) is 30.7 Å². The van der Waals surface area contributed by atoms with E-state index < -0.39 is 5.43 Å². The van der Waals surface area contributed by atoms with Crippen LogP contribution in [0.25, 0.3) is 22.3 Å². The summed E-state index contributed by atoms with van der Waals surface area (Å²) < 4.78 is 5.75. The second-order valence-corrected chi connectivity index (χ2v) is 4.97. The molecule has 3 N–H and O–H groups in total. The lowest BCUT2D eigenvalue weighted by atomic mass is 10.0. The highest BCUT2D eigenvalue weighted by molar-refractivity contribution is 5.89. The Bertz CT molecular complexity index is 907. The van der Waals surface area contributed by atoms with Crippen LogP contribution in [0.5, 0.6) is 17.2 Å². The third kappa shape index (κ3) is 2.16. The summed E-state index contributed by atoms with van der Waals surface area (Å²) in [6.45, 7) is 1.82. The molecule has 3 aromatic rings. The van der Waals surface area contributed by atoms with Crippen molar-refractivity contribution in [1.29, 1.82) is 0 Å². The van der Waals surface area contributed by atoms with Gasteiger partial charge in [0.15, 0.2) is 5.43 Å². The average Bonchev–Trinajstić information content (AvgIpc) is 2.47. The van der Waals surface area contributed by atoms with Gasteiger partial charge in [-0.1, -0.05) is 6.92 Å². The number of aromatic hydroxyl groups is 3. The van der Waals surface area contributed by atoms with Crippen molar-refractivity contribution >= 4 is 11.0 Å². The van der Waals surface area contributed by atoms with E-state index in [4.69, 9.17) is 4.42 Å². The second-order valence-electron chi connectivity index (χ2n) is 4.97. The first-order valence-corrected chi connectivity index (χ1v) is 6.82. The monoisotopic (exact) mass is 298 g/mol. The fraction of sp³-hybridized carbons (Fsp3) is 0.118. The third-order valence-corrected chi connectivity index (χ3v) is 3.57. The predicted molar refractivity (Wildman–Crippen MR) is 82.3 cm³/mol. The fourth-order valence-electron chi connectivity index (χ4n) is 2.46. The zero-order chi connectivity index (χ0) is 15.9. The molecule has 1 aromatic heterocycles.